The quantitative estimate of drug-likeness (QED) is 0.456. The van der Waals surface area contributed by atoms with Gasteiger partial charge in [-0.2, -0.15) is 0 Å². The van der Waals surface area contributed by atoms with Gasteiger partial charge in [0.1, 0.15) is 0 Å². The molecule has 0 fully saturated rings. The van der Waals surface area contributed by atoms with Gasteiger partial charge in [-0.1, -0.05) is 49.4 Å². The first-order valence-electron chi connectivity index (χ1n) is 7.02. The number of ether oxygens (including phenoxy) is 1. The molecule has 0 aromatic heterocycles. The fourth-order valence-corrected chi connectivity index (χ4v) is 2.04. The van der Waals surface area contributed by atoms with Crippen LogP contribution in [0.25, 0.3) is 0 Å². The highest BCUT2D eigenvalue weighted by molar-refractivity contribution is 5.14. The van der Waals surface area contributed by atoms with Crippen molar-refractivity contribution in [2.75, 3.05) is 13.7 Å². The highest BCUT2D eigenvalue weighted by Gasteiger charge is 1.98. The van der Waals surface area contributed by atoms with Crippen LogP contribution in [0.2, 0.25) is 0 Å². The fourth-order valence-electron chi connectivity index (χ4n) is 2.04. The molecule has 0 aliphatic rings. The Hall–Kier alpha value is -1.08. The largest absolute Gasteiger partial charge is 0.385 e. The third-order valence-electron chi connectivity index (χ3n) is 3.15. The van der Waals surface area contributed by atoms with Crippen molar-refractivity contribution in [1.29, 1.82) is 0 Å². The van der Waals surface area contributed by atoms with E-state index in [1.807, 2.05) is 0 Å². The zero-order valence-electron chi connectivity index (χ0n) is 11.8. The molecule has 18 heavy (non-hydrogen) atoms. The highest BCUT2D eigenvalue weighted by Crippen LogP contribution is 2.12. The van der Waals surface area contributed by atoms with Crippen LogP contribution in [0.15, 0.2) is 42.5 Å². The predicted molar refractivity (Wildman–Crippen MR) is 78.8 cm³/mol. The number of aryl methyl sites for hydroxylation is 1. The van der Waals surface area contributed by atoms with Crippen molar-refractivity contribution in [2.24, 2.45) is 5.92 Å². The van der Waals surface area contributed by atoms with E-state index >= 15 is 0 Å². The zero-order chi connectivity index (χ0) is 13.1. The Morgan fingerprint density at radius 3 is 2.67 bits per heavy atom. The molecule has 1 rings (SSSR count). The highest BCUT2D eigenvalue weighted by atomic mass is 16.5. The van der Waals surface area contributed by atoms with E-state index in [2.05, 4.69) is 49.4 Å². The van der Waals surface area contributed by atoms with Crippen LogP contribution in [0.3, 0.4) is 0 Å². The molecule has 100 valence electrons. The van der Waals surface area contributed by atoms with Crippen LogP contribution in [-0.2, 0) is 11.2 Å². The molecule has 1 nitrogen and oxygen atoms in total. The van der Waals surface area contributed by atoms with Crippen LogP contribution >= 0.6 is 0 Å². The normalized spacial score (nSPS) is 13.0. The van der Waals surface area contributed by atoms with E-state index in [0.29, 0.717) is 5.92 Å². The maximum atomic E-state index is 5.03. The van der Waals surface area contributed by atoms with Crippen LogP contribution in [0.4, 0.5) is 0 Å². The van der Waals surface area contributed by atoms with E-state index in [1.54, 1.807) is 7.11 Å². The van der Waals surface area contributed by atoms with E-state index in [4.69, 9.17) is 4.74 Å². The van der Waals surface area contributed by atoms with Crippen LogP contribution in [0.5, 0.6) is 0 Å². The van der Waals surface area contributed by atoms with Crippen molar-refractivity contribution in [1.82, 2.24) is 0 Å². The molecule has 0 heterocycles. The zero-order valence-corrected chi connectivity index (χ0v) is 11.8. The van der Waals surface area contributed by atoms with Crippen molar-refractivity contribution in [3.63, 3.8) is 0 Å². The van der Waals surface area contributed by atoms with Gasteiger partial charge in [0.2, 0.25) is 0 Å². The molecule has 0 radical (unpaired) electrons. The van der Waals surface area contributed by atoms with Crippen LogP contribution in [0, 0.1) is 5.92 Å². The Bertz CT molecular complexity index is 316. The summed E-state index contributed by atoms with van der Waals surface area (Å²) in [6, 6.07) is 10.7. The summed E-state index contributed by atoms with van der Waals surface area (Å²) >= 11 is 0. The average Bonchev–Trinajstić information content (AvgIpc) is 2.40. The van der Waals surface area contributed by atoms with Crippen molar-refractivity contribution >= 4 is 0 Å². The second kappa shape index (κ2) is 9.90. The summed E-state index contributed by atoms with van der Waals surface area (Å²) < 4.78 is 5.03. The molecule has 0 saturated carbocycles. The Labute approximate surface area is 112 Å². The van der Waals surface area contributed by atoms with Crippen molar-refractivity contribution in [3.8, 4) is 0 Å². The van der Waals surface area contributed by atoms with Gasteiger partial charge in [-0.3, -0.25) is 0 Å². The van der Waals surface area contributed by atoms with Crippen molar-refractivity contribution < 1.29 is 4.74 Å². The Kier molecular flexibility index (Phi) is 8.24. The van der Waals surface area contributed by atoms with Gasteiger partial charge in [0.25, 0.3) is 0 Å². The van der Waals surface area contributed by atoms with Crippen LogP contribution in [-0.4, -0.2) is 13.7 Å². The topological polar surface area (TPSA) is 9.23 Å². The van der Waals surface area contributed by atoms with E-state index in [-0.39, 0.29) is 0 Å². The Morgan fingerprint density at radius 2 is 1.94 bits per heavy atom. The summed E-state index contributed by atoms with van der Waals surface area (Å²) in [4.78, 5) is 0. The summed E-state index contributed by atoms with van der Waals surface area (Å²) in [5, 5.41) is 0. The van der Waals surface area contributed by atoms with Crippen LogP contribution in [0.1, 0.15) is 38.2 Å². The molecule has 1 aromatic rings. The maximum Gasteiger partial charge on any atom is 0.0465 e. The molecular formula is C17H26O. The van der Waals surface area contributed by atoms with Crippen LogP contribution < -0.4 is 0 Å². The van der Waals surface area contributed by atoms with E-state index < -0.39 is 0 Å². The number of benzene rings is 1. The summed E-state index contributed by atoms with van der Waals surface area (Å²) in [6.45, 7) is 3.17. The predicted octanol–water partition coefficient (Wildman–Crippen LogP) is 4.63. The first-order valence-corrected chi connectivity index (χ1v) is 7.02. The molecule has 0 bridgehead atoms. The lowest BCUT2D eigenvalue weighted by Gasteiger charge is -2.06. The minimum atomic E-state index is 0.691. The molecule has 1 unspecified atom stereocenters. The van der Waals surface area contributed by atoms with E-state index in [1.165, 1.54) is 24.8 Å². The maximum absolute atomic E-state index is 5.03. The summed E-state index contributed by atoms with van der Waals surface area (Å²) in [7, 11) is 1.76. The SMILES string of the molecule is COCCC/C=C/C(C)CCCc1ccccc1. The number of hydrogen-bond donors (Lipinski definition) is 0. The second-order valence-electron chi connectivity index (χ2n) is 4.92. The van der Waals surface area contributed by atoms with Gasteiger partial charge in [0.15, 0.2) is 0 Å². The van der Waals surface area contributed by atoms with Gasteiger partial charge >= 0.3 is 0 Å². The van der Waals surface area contributed by atoms with Gasteiger partial charge in [-0.15, -0.1) is 0 Å². The van der Waals surface area contributed by atoms with Gasteiger partial charge in [-0.25, -0.2) is 0 Å². The van der Waals surface area contributed by atoms with Gasteiger partial charge in [0, 0.05) is 13.7 Å². The smallest absolute Gasteiger partial charge is 0.0465 e. The lowest BCUT2D eigenvalue weighted by atomic mass is 10.0. The number of rotatable bonds is 9. The fraction of sp³-hybridized carbons (Fsp3) is 0.529. The van der Waals surface area contributed by atoms with Gasteiger partial charge in [0.05, 0.1) is 0 Å². The minimum Gasteiger partial charge on any atom is -0.385 e. The lowest BCUT2D eigenvalue weighted by Crippen LogP contribution is -1.93. The standard InChI is InChI=1S/C17H26O/c1-16(10-5-4-8-15-18-2)11-9-14-17-12-6-3-7-13-17/h3,5-7,10,12-13,16H,4,8-9,11,14-15H2,1-2H3/b10-5+. The number of methoxy groups -OCH3 is 1. The van der Waals surface area contributed by atoms with Gasteiger partial charge in [-0.05, 0) is 43.6 Å². The molecule has 0 spiro atoms. The van der Waals surface area contributed by atoms with E-state index in [0.717, 1.165) is 19.4 Å². The first kappa shape index (κ1) is 15.0. The number of allylic oxidation sites excluding steroid dienone is 2. The molecule has 0 amide bonds. The third kappa shape index (κ3) is 7.29. The summed E-state index contributed by atoms with van der Waals surface area (Å²) in [6.07, 6.45) is 10.7. The lowest BCUT2D eigenvalue weighted by molar-refractivity contribution is 0.196. The van der Waals surface area contributed by atoms with Crippen molar-refractivity contribution in [3.05, 3.63) is 48.0 Å². The summed E-state index contributed by atoms with van der Waals surface area (Å²) in [5.74, 6) is 0.691. The molecule has 1 atom stereocenters. The average molecular weight is 246 g/mol. The Balaban J connectivity index is 2.08. The molecule has 0 aliphatic heterocycles. The molecule has 0 N–H and O–H groups in total. The monoisotopic (exact) mass is 246 g/mol. The second-order valence-corrected chi connectivity index (χ2v) is 4.92. The molecule has 0 aliphatic carbocycles. The number of unbranched alkanes of at least 4 members (excludes halogenated alkanes) is 1. The molecule has 1 aromatic carbocycles. The Morgan fingerprint density at radius 1 is 1.17 bits per heavy atom. The third-order valence-corrected chi connectivity index (χ3v) is 3.15. The number of hydrogen-bond acceptors (Lipinski definition) is 1. The summed E-state index contributed by atoms with van der Waals surface area (Å²) in [5.41, 5.74) is 1.45. The first-order chi connectivity index (χ1) is 8.83. The molecule has 1 heteroatoms. The molecule has 0 saturated heterocycles. The minimum absolute atomic E-state index is 0.691. The van der Waals surface area contributed by atoms with Crippen molar-refractivity contribution in [2.45, 2.75) is 39.0 Å². The van der Waals surface area contributed by atoms with Gasteiger partial charge < -0.3 is 4.74 Å². The molecular weight excluding hydrogens is 220 g/mol. The van der Waals surface area contributed by atoms with E-state index in [9.17, 15) is 0 Å².